The van der Waals surface area contributed by atoms with Crippen LogP contribution < -0.4 is 5.32 Å². The summed E-state index contributed by atoms with van der Waals surface area (Å²) in [6.45, 7) is 7.19. The Bertz CT molecular complexity index is 93.8. The van der Waals surface area contributed by atoms with Gasteiger partial charge in [0, 0.05) is 13.1 Å². The molecule has 1 rings (SSSR count). The van der Waals surface area contributed by atoms with E-state index in [0.717, 1.165) is 26.3 Å². The summed E-state index contributed by atoms with van der Waals surface area (Å²) >= 11 is 0. The molecule has 0 spiro atoms. The number of nitrogens with one attached hydrogen (secondary N) is 1. The topological polar surface area (TPSA) is 30.5 Å². The average molecular weight is 145 g/mol. The highest BCUT2D eigenvalue weighted by Gasteiger charge is 2.19. The predicted molar refractivity (Wildman–Crippen MR) is 38.9 cm³/mol. The second-order valence-corrected chi connectivity index (χ2v) is 2.85. The Morgan fingerprint density at radius 1 is 1.10 bits per heavy atom. The van der Waals surface area contributed by atoms with E-state index in [1.54, 1.807) is 0 Å². The highest BCUT2D eigenvalue weighted by molar-refractivity contribution is 4.58. The van der Waals surface area contributed by atoms with Crippen LogP contribution in [-0.2, 0) is 9.47 Å². The Hall–Kier alpha value is -0.120. The molecule has 10 heavy (non-hydrogen) atoms. The molecule has 0 aromatic rings. The maximum absolute atomic E-state index is 5.39. The fraction of sp³-hybridized carbons (Fsp3) is 1.00. The molecule has 0 aliphatic carbocycles. The highest BCUT2D eigenvalue weighted by atomic mass is 16.7. The number of ether oxygens (including phenoxy) is 2. The van der Waals surface area contributed by atoms with Gasteiger partial charge in [0.1, 0.15) is 0 Å². The SMILES string of the molecule is CC1(C)OCCNCCO1. The van der Waals surface area contributed by atoms with Gasteiger partial charge in [-0.05, 0) is 13.8 Å². The second-order valence-electron chi connectivity index (χ2n) is 2.85. The molecular weight excluding hydrogens is 130 g/mol. The number of hydrogen-bond acceptors (Lipinski definition) is 3. The van der Waals surface area contributed by atoms with Crippen LogP contribution in [0, 0.1) is 0 Å². The van der Waals surface area contributed by atoms with Gasteiger partial charge in [0.2, 0.25) is 0 Å². The van der Waals surface area contributed by atoms with Gasteiger partial charge in [-0.25, -0.2) is 0 Å². The third kappa shape index (κ3) is 2.64. The summed E-state index contributed by atoms with van der Waals surface area (Å²) in [6, 6.07) is 0. The van der Waals surface area contributed by atoms with E-state index in [2.05, 4.69) is 5.32 Å². The molecule has 60 valence electrons. The molecule has 1 aliphatic rings. The normalized spacial score (nSPS) is 27.0. The van der Waals surface area contributed by atoms with Gasteiger partial charge in [0.05, 0.1) is 13.2 Å². The molecule has 0 bridgehead atoms. The summed E-state index contributed by atoms with van der Waals surface area (Å²) in [5.74, 6) is -0.387. The first-order chi connectivity index (χ1) is 4.71. The van der Waals surface area contributed by atoms with Crippen LogP contribution in [0.2, 0.25) is 0 Å². The van der Waals surface area contributed by atoms with Crippen LogP contribution in [-0.4, -0.2) is 32.1 Å². The first-order valence-corrected chi connectivity index (χ1v) is 3.69. The molecule has 0 saturated carbocycles. The van der Waals surface area contributed by atoms with Crippen molar-refractivity contribution in [3.63, 3.8) is 0 Å². The zero-order valence-corrected chi connectivity index (χ0v) is 6.64. The van der Waals surface area contributed by atoms with Crippen molar-refractivity contribution >= 4 is 0 Å². The lowest BCUT2D eigenvalue weighted by atomic mass is 10.3. The van der Waals surface area contributed by atoms with E-state index >= 15 is 0 Å². The molecule has 0 unspecified atom stereocenters. The fourth-order valence-corrected chi connectivity index (χ4v) is 0.905. The second kappa shape index (κ2) is 3.32. The number of hydrogen-bond donors (Lipinski definition) is 1. The Morgan fingerprint density at radius 2 is 1.60 bits per heavy atom. The van der Waals surface area contributed by atoms with Crippen LogP contribution in [0.5, 0.6) is 0 Å². The van der Waals surface area contributed by atoms with Gasteiger partial charge >= 0.3 is 0 Å². The zero-order valence-electron chi connectivity index (χ0n) is 6.64. The first-order valence-electron chi connectivity index (χ1n) is 3.69. The Labute approximate surface area is 61.7 Å². The third-order valence-corrected chi connectivity index (χ3v) is 1.46. The largest absolute Gasteiger partial charge is 0.349 e. The minimum absolute atomic E-state index is 0.387. The predicted octanol–water partition coefficient (Wildman–Crippen LogP) is 0.359. The van der Waals surface area contributed by atoms with Crippen LogP contribution in [0.3, 0.4) is 0 Å². The Balaban J connectivity index is 2.30. The lowest BCUT2D eigenvalue weighted by Crippen LogP contribution is -2.38. The summed E-state index contributed by atoms with van der Waals surface area (Å²) in [7, 11) is 0. The van der Waals surface area contributed by atoms with E-state index < -0.39 is 0 Å². The van der Waals surface area contributed by atoms with E-state index in [0.29, 0.717) is 0 Å². The van der Waals surface area contributed by atoms with Crippen molar-refractivity contribution in [3.05, 3.63) is 0 Å². The van der Waals surface area contributed by atoms with E-state index in [1.807, 2.05) is 13.8 Å². The average Bonchev–Trinajstić information content (AvgIpc) is 1.81. The first kappa shape index (κ1) is 7.98. The summed E-state index contributed by atoms with van der Waals surface area (Å²) in [5.41, 5.74) is 0. The maximum Gasteiger partial charge on any atom is 0.162 e. The standard InChI is InChI=1S/C7H15NO2/c1-7(2)9-5-3-8-4-6-10-7/h8H,3-6H2,1-2H3. The molecule has 1 saturated heterocycles. The highest BCUT2D eigenvalue weighted by Crippen LogP contribution is 2.10. The zero-order chi connectivity index (χ0) is 7.45. The van der Waals surface area contributed by atoms with Crippen LogP contribution >= 0.6 is 0 Å². The van der Waals surface area contributed by atoms with Gasteiger partial charge in [-0.3, -0.25) is 0 Å². The van der Waals surface area contributed by atoms with E-state index in [9.17, 15) is 0 Å². The molecule has 1 heterocycles. The van der Waals surface area contributed by atoms with Crippen molar-refractivity contribution in [2.45, 2.75) is 19.6 Å². The van der Waals surface area contributed by atoms with Crippen molar-refractivity contribution < 1.29 is 9.47 Å². The number of rotatable bonds is 0. The van der Waals surface area contributed by atoms with Crippen LogP contribution in [0.4, 0.5) is 0 Å². The summed E-state index contributed by atoms with van der Waals surface area (Å²) in [6.07, 6.45) is 0. The van der Waals surface area contributed by atoms with Gasteiger partial charge in [-0.2, -0.15) is 0 Å². The molecule has 0 amide bonds. The summed E-state index contributed by atoms with van der Waals surface area (Å²) in [4.78, 5) is 0. The van der Waals surface area contributed by atoms with Crippen molar-refractivity contribution in [2.75, 3.05) is 26.3 Å². The van der Waals surface area contributed by atoms with Gasteiger partial charge in [-0.1, -0.05) is 0 Å². The lowest BCUT2D eigenvalue weighted by molar-refractivity contribution is -0.217. The molecule has 0 aromatic carbocycles. The van der Waals surface area contributed by atoms with Crippen molar-refractivity contribution in [1.29, 1.82) is 0 Å². The monoisotopic (exact) mass is 145 g/mol. The third-order valence-electron chi connectivity index (χ3n) is 1.46. The minimum Gasteiger partial charge on any atom is -0.349 e. The van der Waals surface area contributed by atoms with Crippen molar-refractivity contribution in [2.24, 2.45) is 0 Å². The molecular formula is C7H15NO2. The van der Waals surface area contributed by atoms with Crippen molar-refractivity contribution in [1.82, 2.24) is 5.32 Å². The van der Waals surface area contributed by atoms with E-state index in [4.69, 9.17) is 9.47 Å². The molecule has 3 nitrogen and oxygen atoms in total. The molecule has 1 fully saturated rings. The molecule has 1 aliphatic heterocycles. The Kier molecular flexibility index (Phi) is 2.65. The van der Waals surface area contributed by atoms with Crippen molar-refractivity contribution in [3.8, 4) is 0 Å². The summed E-state index contributed by atoms with van der Waals surface area (Å²) in [5, 5.41) is 3.18. The van der Waals surface area contributed by atoms with Gasteiger partial charge < -0.3 is 14.8 Å². The molecule has 3 heteroatoms. The maximum atomic E-state index is 5.39. The van der Waals surface area contributed by atoms with Gasteiger partial charge in [0.15, 0.2) is 5.79 Å². The quantitative estimate of drug-likeness (QED) is 0.534. The molecule has 0 aromatic heterocycles. The van der Waals surface area contributed by atoms with E-state index in [1.165, 1.54) is 0 Å². The van der Waals surface area contributed by atoms with Crippen LogP contribution in [0.25, 0.3) is 0 Å². The van der Waals surface area contributed by atoms with Gasteiger partial charge in [-0.15, -0.1) is 0 Å². The fourth-order valence-electron chi connectivity index (χ4n) is 0.905. The molecule has 1 N–H and O–H groups in total. The van der Waals surface area contributed by atoms with Crippen LogP contribution in [0.1, 0.15) is 13.8 Å². The molecule has 0 radical (unpaired) electrons. The smallest absolute Gasteiger partial charge is 0.162 e. The molecule has 0 atom stereocenters. The van der Waals surface area contributed by atoms with E-state index in [-0.39, 0.29) is 5.79 Å². The summed E-state index contributed by atoms with van der Waals surface area (Å²) < 4.78 is 10.8. The Morgan fingerprint density at radius 3 is 2.10 bits per heavy atom. The van der Waals surface area contributed by atoms with Crippen LogP contribution in [0.15, 0.2) is 0 Å². The lowest BCUT2D eigenvalue weighted by Gasteiger charge is -2.28. The minimum atomic E-state index is -0.387. The van der Waals surface area contributed by atoms with Gasteiger partial charge in [0.25, 0.3) is 0 Å².